The van der Waals surface area contributed by atoms with Crippen LogP contribution in [0.15, 0.2) is 29.2 Å². The molecule has 2 saturated heterocycles. The molecule has 3 rings (SSSR count). The SMILES string of the molecule is CC(C)NC(=O)CSc1ccccc1C(=O)N1CCC2(CCNC2)CC1.Cl. The first-order valence-corrected chi connectivity index (χ1v) is 10.5. The molecule has 2 amide bonds. The van der Waals surface area contributed by atoms with E-state index in [-0.39, 0.29) is 30.3 Å². The summed E-state index contributed by atoms with van der Waals surface area (Å²) < 4.78 is 0. The lowest BCUT2D eigenvalue weighted by molar-refractivity contribution is -0.119. The van der Waals surface area contributed by atoms with Gasteiger partial charge in [-0.05, 0) is 57.2 Å². The summed E-state index contributed by atoms with van der Waals surface area (Å²) in [5.74, 6) is 0.427. The Morgan fingerprint density at radius 3 is 2.56 bits per heavy atom. The van der Waals surface area contributed by atoms with E-state index >= 15 is 0 Å². The average Bonchev–Trinajstić information content (AvgIpc) is 3.08. The topological polar surface area (TPSA) is 61.4 Å². The Balaban J connectivity index is 0.00000261. The molecule has 0 aliphatic carbocycles. The summed E-state index contributed by atoms with van der Waals surface area (Å²) >= 11 is 1.44. The molecule has 0 atom stereocenters. The molecule has 27 heavy (non-hydrogen) atoms. The highest BCUT2D eigenvalue weighted by Gasteiger charge is 2.38. The van der Waals surface area contributed by atoms with Crippen LogP contribution in [-0.4, -0.2) is 54.7 Å². The normalized spacial score (nSPS) is 18.4. The molecule has 5 nitrogen and oxygen atoms in total. The zero-order chi connectivity index (χ0) is 18.6. The molecule has 2 aliphatic rings. The molecule has 2 heterocycles. The highest BCUT2D eigenvalue weighted by atomic mass is 35.5. The minimum Gasteiger partial charge on any atom is -0.353 e. The van der Waals surface area contributed by atoms with E-state index < -0.39 is 0 Å². The van der Waals surface area contributed by atoms with Crippen LogP contribution in [0.5, 0.6) is 0 Å². The number of carbonyl (C=O) groups excluding carboxylic acids is 2. The molecule has 0 aromatic heterocycles. The Labute approximate surface area is 172 Å². The predicted molar refractivity (Wildman–Crippen MR) is 113 cm³/mol. The van der Waals surface area contributed by atoms with Crippen LogP contribution in [0.2, 0.25) is 0 Å². The lowest BCUT2D eigenvalue weighted by atomic mass is 9.78. The highest BCUT2D eigenvalue weighted by Crippen LogP contribution is 2.37. The zero-order valence-electron chi connectivity index (χ0n) is 16.1. The fourth-order valence-electron chi connectivity index (χ4n) is 3.85. The van der Waals surface area contributed by atoms with Crippen molar-refractivity contribution in [3.05, 3.63) is 29.8 Å². The third-order valence-corrected chi connectivity index (χ3v) is 6.44. The van der Waals surface area contributed by atoms with Crippen LogP contribution in [0, 0.1) is 5.41 Å². The van der Waals surface area contributed by atoms with Gasteiger partial charge in [0.15, 0.2) is 0 Å². The van der Waals surface area contributed by atoms with Gasteiger partial charge in [-0.2, -0.15) is 0 Å². The monoisotopic (exact) mass is 411 g/mol. The van der Waals surface area contributed by atoms with Crippen molar-refractivity contribution in [1.82, 2.24) is 15.5 Å². The maximum Gasteiger partial charge on any atom is 0.254 e. The standard InChI is InChI=1S/C20H29N3O2S.ClH/c1-15(2)22-18(24)13-26-17-6-4-3-5-16(17)19(25)23-11-8-20(9-12-23)7-10-21-14-20;/h3-6,15,21H,7-14H2,1-2H3,(H,22,24);1H. The minimum atomic E-state index is 0. The Kier molecular flexibility index (Phi) is 8.01. The molecular weight excluding hydrogens is 382 g/mol. The molecule has 2 aliphatic heterocycles. The summed E-state index contributed by atoms with van der Waals surface area (Å²) in [5.41, 5.74) is 1.12. The smallest absolute Gasteiger partial charge is 0.254 e. The van der Waals surface area contributed by atoms with Gasteiger partial charge in [-0.25, -0.2) is 0 Å². The van der Waals surface area contributed by atoms with Crippen LogP contribution < -0.4 is 10.6 Å². The van der Waals surface area contributed by atoms with Crippen molar-refractivity contribution in [1.29, 1.82) is 0 Å². The van der Waals surface area contributed by atoms with Gasteiger partial charge in [0.05, 0.1) is 11.3 Å². The Morgan fingerprint density at radius 1 is 1.22 bits per heavy atom. The number of hydrogen-bond donors (Lipinski definition) is 2. The number of halogens is 1. The first-order chi connectivity index (χ1) is 12.5. The lowest BCUT2D eigenvalue weighted by Crippen LogP contribution is -2.44. The molecule has 0 radical (unpaired) electrons. The number of amides is 2. The first kappa shape index (κ1) is 22.1. The zero-order valence-corrected chi connectivity index (χ0v) is 17.8. The van der Waals surface area contributed by atoms with Crippen molar-refractivity contribution in [2.75, 3.05) is 31.9 Å². The van der Waals surface area contributed by atoms with E-state index in [0.717, 1.165) is 49.5 Å². The van der Waals surface area contributed by atoms with Crippen LogP contribution in [0.1, 0.15) is 43.5 Å². The van der Waals surface area contributed by atoms with Crippen LogP contribution in [-0.2, 0) is 4.79 Å². The molecule has 1 aromatic rings. The fraction of sp³-hybridized carbons (Fsp3) is 0.600. The number of hydrogen-bond acceptors (Lipinski definition) is 4. The predicted octanol–water partition coefficient (Wildman–Crippen LogP) is 2.94. The molecule has 1 spiro atoms. The molecule has 0 unspecified atom stereocenters. The van der Waals surface area contributed by atoms with Gasteiger partial charge in [0.2, 0.25) is 5.91 Å². The van der Waals surface area contributed by atoms with Crippen molar-refractivity contribution < 1.29 is 9.59 Å². The molecule has 7 heteroatoms. The number of nitrogens with zero attached hydrogens (tertiary/aromatic N) is 1. The van der Waals surface area contributed by atoms with Crippen LogP contribution in [0.3, 0.4) is 0 Å². The number of carbonyl (C=O) groups is 2. The fourth-order valence-corrected chi connectivity index (χ4v) is 4.71. The summed E-state index contributed by atoms with van der Waals surface area (Å²) in [6.07, 6.45) is 3.39. The van der Waals surface area contributed by atoms with E-state index in [4.69, 9.17) is 0 Å². The number of benzene rings is 1. The van der Waals surface area contributed by atoms with Crippen molar-refractivity contribution >= 4 is 36.0 Å². The summed E-state index contributed by atoms with van der Waals surface area (Å²) in [6.45, 7) is 7.74. The molecule has 0 bridgehead atoms. The number of likely N-dealkylation sites (tertiary alicyclic amines) is 1. The summed E-state index contributed by atoms with van der Waals surface area (Å²) in [5, 5.41) is 6.36. The molecule has 2 fully saturated rings. The second kappa shape index (κ2) is 9.80. The maximum atomic E-state index is 13.0. The van der Waals surface area contributed by atoms with E-state index in [9.17, 15) is 9.59 Å². The van der Waals surface area contributed by atoms with Crippen LogP contribution in [0.4, 0.5) is 0 Å². The van der Waals surface area contributed by atoms with Gasteiger partial charge in [-0.3, -0.25) is 9.59 Å². The van der Waals surface area contributed by atoms with Crippen LogP contribution in [0.25, 0.3) is 0 Å². The summed E-state index contributed by atoms with van der Waals surface area (Å²) in [7, 11) is 0. The average molecular weight is 412 g/mol. The van der Waals surface area contributed by atoms with Gasteiger partial charge in [0.25, 0.3) is 5.91 Å². The van der Waals surface area contributed by atoms with Gasteiger partial charge in [0.1, 0.15) is 0 Å². The van der Waals surface area contributed by atoms with Crippen molar-refractivity contribution in [3.8, 4) is 0 Å². The molecule has 150 valence electrons. The van der Waals surface area contributed by atoms with E-state index in [1.807, 2.05) is 43.0 Å². The third kappa shape index (κ3) is 5.62. The summed E-state index contributed by atoms with van der Waals surface area (Å²) in [6, 6.07) is 7.78. The maximum absolute atomic E-state index is 13.0. The summed E-state index contributed by atoms with van der Waals surface area (Å²) in [4.78, 5) is 27.8. The highest BCUT2D eigenvalue weighted by molar-refractivity contribution is 8.00. The molecular formula is C20H30ClN3O2S. The second-order valence-corrected chi connectivity index (χ2v) is 8.74. The van der Waals surface area contributed by atoms with Gasteiger partial charge in [-0.15, -0.1) is 24.2 Å². The van der Waals surface area contributed by atoms with Gasteiger partial charge < -0.3 is 15.5 Å². The van der Waals surface area contributed by atoms with Crippen molar-refractivity contribution in [3.63, 3.8) is 0 Å². The second-order valence-electron chi connectivity index (χ2n) is 7.73. The number of nitrogens with one attached hydrogen (secondary N) is 2. The van der Waals surface area contributed by atoms with E-state index in [0.29, 0.717) is 11.2 Å². The number of thioether (sulfide) groups is 1. The lowest BCUT2D eigenvalue weighted by Gasteiger charge is -2.39. The third-order valence-electron chi connectivity index (χ3n) is 5.37. The van der Waals surface area contributed by atoms with Crippen LogP contribution >= 0.6 is 24.2 Å². The van der Waals surface area contributed by atoms with E-state index in [1.54, 1.807) is 0 Å². The Hall–Kier alpha value is -1.24. The van der Waals surface area contributed by atoms with Crippen molar-refractivity contribution in [2.45, 2.75) is 44.0 Å². The molecule has 2 N–H and O–H groups in total. The number of piperidine rings is 1. The van der Waals surface area contributed by atoms with Crippen molar-refractivity contribution in [2.24, 2.45) is 5.41 Å². The Bertz CT molecular complexity index is 652. The molecule has 1 aromatic carbocycles. The van der Waals surface area contributed by atoms with E-state index in [1.165, 1.54) is 18.2 Å². The Morgan fingerprint density at radius 2 is 1.93 bits per heavy atom. The number of rotatable bonds is 5. The van der Waals surface area contributed by atoms with Gasteiger partial charge in [0, 0.05) is 30.6 Å². The van der Waals surface area contributed by atoms with Gasteiger partial charge >= 0.3 is 0 Å². The minimum absolute atomic E-state index is 0. The quantitative estimate of drug-likeness (QED) is 0.731. The first-order valence-electron chi connectivity index (χ1n) is 9.50. The largest absolute Gasteiger partial charge is 0.353 e. The molecule has 0 saturated carbocycles. The van der Waals surface area contributed by atoms with Gasteiger partial charge in [-0.1, -0.05) is 12.1 Å². The van der Waals surface area contributed by atoms with E-state index in [2.05, 4.69) is 10.6 Å².